The van der Waals surface area contributed by atoms with Crippen molar-refractivity contribution < 1.29 is 0 Å². The molecule has 4 N–H and O–H groups in total. The first kappa shape index (κ1) is 10.5. The van der Waals surface area contributed by atoms with Crippen LogP contribution in [-0.4, -0.2) is 10.2 Å². The highest BCUT2D eigenvalue weighted by atomic mass is 15.2. The molecule has 0 amide bonds. The van der Waals surface area contributed by atoms with Gasteiger partial charge in [-0.3, -0.25) is 5.10 Å². The van der Waals surface area contributed by atoms with Gasteiger partial charge in [-0.2, -0.15) is 5.10 Å². The summed E-state index contributed by atoms with van der Waals surface area (Å²) in [5.41, 5.74) is 7.85. The second-order valence-corrected chi connectivity index (χ2v) is 3.71. The van der Waals surface area contributed by atoms with Crippen LogP contribution in [0.4, 0.5) is 11.5 Å². The van der Waals surface area contributed by atoms with Crippen LogP contribution in [0.2, 0.25) is 0 Å². The molecule has 1 aromatic heterocycles. The number of nitrogens with one attached hydrogen (secondary N) is 2. The maximum Gasteiger partial charge on any atom is 0.142 e. The van der Waals surface area contributed by atoms with E-state index in [0.717, 1.165) is 12.1 Å². The molecule has 1 aromatic carbocycles. The molecule has 4 nitrogen and oxygen atoms in total. The molecule has 0 saturated carbocycles. The topological polar surface area (TPSA) is 66.7 Å². The molecule has 2 aromatic rings. The highest BCUT2D eigenvalue weighted by Gasteiger charge is 2.10. The number of aromatic amines is 1. The van der Waals surface area contributed by atoms with E-state index in [0.29, 0.717) is 5.82 Å². The van der Waals surface area contributed by atoms with Crippen molar-refractivity contribution in [1.29, 1.82) is 0 Å². The Morgan fingerprint density at radius 3 is 2.69 bits per heavy atom. The third-order valence-corrected chi connectivity index (χ3v) is 2.61. The molecule has 0 aliphatic carbocycles. The fraction of sp³-hybridized carbons (Fsp3) is 0.250. The fourth-order valence-electron chi connectivity index (χ4n) is 1.71. The zero-order valence-corrected chi connectivity index (χ0v) is 9.27. The summed E-state index contributed by atoms with van der Waals surface area (Å²) in [7, 11) is 0. The Balaban J connectivity index is 2.16. The quantitative estimate of drug-likeness (QED) is 0.735. The number of nitrogens with zero attached hydrogens (tertiary/aromatic N) is 1. The van der Waals surface area contributed by atoms with Gasteiger partial charge in [0, 0.05) is 0 Å². The lowest BCUT2D eigenvalue weighted by Crippen LogP contribution is -2.10. The number of hydrogen-bond donors (Lipinski definition) is 3. The lowest BCUT2D eigenvalue weighted by atomic mass is 10.0. The number of anilines is 2. The van der Waals surface area contributed by atoms with Gasteiger partial charge in [-0.05, 0) is 12.0 Å². The molecule has 1 atom stereocenters. The second-order valence-electron chi connectivity index (χ2n) is 3.71. The summed E-state index contributed by atoms with van der Waals surface area (Å²) in [5, 5.41) is 9.98. The number of benzene rings is 1. The molecule has 1 unspecified atom stereocenters. The summed E-state index contributed by atoms with van der Waals surface area (Å²) in [6.07, 6.45) is 2.70. The van der Waals surface area contributed by atoms with Gasteiger partial charge >= 0.3 is 0 Å². The van der Waals surface area contributed by atoms with Gasteiger partial charge in [0.05, 0.1) is 17.9 Å². The summed E-state index contributed by atoms with van der Waals surface area (Å²) in [6, 6.07) is 10.6. The van der Waals surface area contributed by atoms with E-state index < -0.39 is 0 Å². The number of H-pyrrole nitrogens is 1. The molecule has 0 bridgehead atoms. The maximum atomic E-state index is 5.74. The monoisotopic (exact) mass is 216 g/mol. The van der Waals surface area contributed by atoms with Gasteiger partial charge in [-0.25, -0.2) is 0 Å². The predicted molar refractivity (Wildman–Crippen MR) is 66.1 cm³/mol. The molecule has 0 aliphatic rings. The van der Waals surface area contributed by atoms with Gasteiger partial charge in [0.2, 0.25) is 0 Å². The van der Waals surface area contributed by atoms with Gasteiger partial charge in [0.1, 0.15) is 5.82 Å². The van der Waals surface area contributed by atoms with E-state index in [2.05, 4.69) is 34.6 Å². The lowest BCUT2D eigenvalue weighted by Gasteiger charge is -2.17. The Morgan fingerprint density at radius 2 is 2.12 bits per heavy atom. The van der Waals surface area contributed by atoms with Crippen LogP contribution in [0.1, 0.15) is 24.9 Å². The van der Waals surface area contributed by atoms with E-state index in [1.165, 1.54) is 5.56 Å². The zero-order chi connectivity index (χ0) is 11.4. The molecule has 0 radical (unpaired) electrons. The van der Waals surface area contributed by atoms with Crippen LogP contribution in [0.15, 0.2) is 36.5 Å². The summed E-state index contributed by atoms with van der Waals surface area (Å²) in [4.78, 5) is 0. The Bertz CT molecular complexity index is 435. The molecule has 0 aliphatic heterocycles. The Kier molecular flexibility index (Phi) is 3.10. The molecular weight excluding hydrogens is 200 g/mol. The number of hydrogen-bond acceptors (Lipinski definition) is 3. The standard InChI is InChI=1S/C12H16N4/c1-2-10(9-6-4-3-5-7-9)15-11-8-14-16-12(11)13/h3-8,10,15H,2H2,1H3,(H3,13,14,16). The van der Waals surface area contributed by atoms with Crippen LogP contribution in [0.25, 0.3) is 0 Å². The largest absolute Gasteiger partial charge is 0.382 e. The minimum Gasteiger partial charge on any atom is -0.382 e. The summed E-state index contributed by atoms with van der Waals surface area (Å²) >= 11 is 0. The van der Waals surface area contributed by atoms with Crippen molar-refractivity contribution in [2.75, 3.05) is 11.1 Å². The summed E-state index contributed by atoms with van der Waals surface area (Å²) < 4.78 is 0. The van der Waals surface area contributed by atoms with Crippen LogP contribution >= 0.6 is 0 Å². The van der Waals surface area contributed by atoms with Gasteiger partial charge < -0.3 is 11.1 Å². The SMILES string of the molecule is CCC(Nc1cn[nH]c1N)c1ccccc1. The van der Waals surface area contributed by atoms with Crippen LogP contribution in [0.3, 0.4) is 0 Å². The van der Waals surface area contributed by atoms with Crippen LogP contribution in [0.5, 0.6) is 0 Å². The van der Waals surface area contributed by atoms with Crippen LogP contribution in [-0.2, 0) is 0 Å². The first-order valence-corrected chi connectivity index (χ1v) is 5.41. The van der Waals surface area contributed by atoms with E-state index >= 15 is 0 Å². The maximum absolute atomic E-state index is 5.74. The highest BCUT2D eigenvalue weighted by molar-refractivity contribution is 5.60. The minimum absolute atomic E-state index is 0.265. The van der Waals surface area contributed by atoms with Crippen LogP contribution in [0, 0.1) is 0 Å². The highest BCUT2D eigenvalue weighted by Crippen LogP contribution is 2.24. The predicted octanol–water partition coefficient (Wildman–Crippen LogP) is 2.56. The van der Waals surface area contributed by atoms with Crippen molar-refractivity contribution in [2.45, 2.75) is 19.4 Å². The van der Waals surface area contributed by atoms with Crippen molar-refractivity contribution in [3.05, 3.63) is 42.1 Å². The minimum atomic E-state index is 0.265. The molecule has 1 heterocycles. The summed E-state index contributed by atoms with van der Waals surface area (Å²) in [6.45, 7) is 2.14. The van der Waals surface area contributed by atoms with Crippen molar-refractivity contribution in [1.82, 2.24) is 10.2 Å². The van der Waals surface area contributed by atoms with E-state index in [1.807, 2.05) is 18.2 Å². The average molecular weight is 216 g/mol. The zero-order valence-electron chi connectivity index (χ0n) is 9.27. The number of nitrogen functional groups attached to an aromatic ring is 1. The first-order valence-electron chi connectivity index (χ1n) is 5.41. The molecule has 16 heavy (non-hydrogen) atoms. The van der Waals surface area contributed by atoms with Crippen molar-refractivity contribution in [2.24, 2.45) is 0 Å². The summed E-state index contributed by atoms with van der Waals surface area (Å²) in [5.74, 6) is 0.578. The Hall–Kier alpha value is -1.97. The lowest BCUT2D eigenvalue weighted by molar-refractivity contribution is 0.750. The van der Waals surface area contributed by atoms with E-state index in [9.17, 15) is 0 Å². The van der Waals surface area contributed by atoms with Crippen molar-refractivity contribution in [3.63, 3.8) is 0 Å². The third-order valence-electron chi connectivity index (χ3n) is 2.61. The van der Waals surface area contributed by atoms with Crippen molar-refractivity contribution >= 4 is 11.5 Å². The van der Waals surface area contributed by atoms with Gasteiger partial charge in [0.25, 0.3) is 0 Å². The average Bonchev–Trinajstić information content (AvgIpc) is 2.73. The van der Waals surface area contributed by atoms with E-state index in [-0.39, 0.29) is 6.04 Å². The Morgan fingerprint density at radius 1 is 1.38 bits per heavy atom. The first-order chi connectivity index (χ1) is 7.81. The van der Waals surface area contributed by atoms with Gasteiger partial charge in [-0.15, -0.1) is 0 Å². The van der Waals surface area contributed by atoms with Gasteiger partial charge in [0.15, 0.2) is 0 Å². The van der Waals surface area contributed by atoms with Crippen molar-refractivity contribution in [3.8, 4) is 0 Å². The molecular formula is C12H16N4. The second kappa shape index (κ2) is 4.70. The van der Waals surface area contributed by atoms with E-state index in [4.69, 9.17) is 5.73 Å². The number of rotatable bonds is 4. The van der Waals surface area contributed by atoms with E-state index in [1.54, 1.807) is 6.20 Å². The van der Waals surface area contributed by atoms with Crippen LogP contribution < -0.4 is 11.1 Å². The van der Waals surface area contributed by atoms with Gasteiger partial charge in [-0.1, -0.05) is 37.3 Å². The molecule has 4 heteroatoms. The molecule has 0 fully saturated rings. The third kappa shape index (κ3) is 2.16. The molecule has 0 saturated heterocycles. The molecule has 84 valence electrons. The molecule has 0 spiro atoms. The number of nitrogens with two attached hydrogens (primary N) is 1. The Labute approximate surface area is 94.9 Å². The normalized spacial score (nSPS) is 12.3. The fourth-order valence-corrected chi connectivity index (χ4v) is 1.71. The smallest absolute Gasteiger partial charge is 0.142 e. The molecule has 2 rings (SSSR count). The number of aromatic nitrogens is 2.